The van der Waals surface area contributed by atoms with Crippen molar-refractivity contribution in [3.63, 3.8) is 0 Å². The van der Waals surface area contributed by atoms with E-state index in [4.69, 9.17) is 23.8 Å². The maximum Gasteiger partial charge on any atom is 0.171 e. The van der Waals surface area contributed by atoms with Gasteiger partial charge in [0.15, 0.2) is 5.11 Å². The molecular formula is C19H22BrClN2S. The molecule has 0 aromatic heterocycles. The highest BCUT2D eigenvalue weighted by atomic mass is 79.9. The molecule has 2 N–H and O–H groups in total. The molecule has 0 spiro atoms. The number of halogens is 2. The van der Waals surface area contributed by atoms with Gasteiger partial charge in [-0.2, -0.15) is 0 Å². The molecule has 1 unspecified atom stereocenters. The second-order valence-corrected chi connectivity index (χ2v) is 8.55. The normalized spacial score (nSPS) is 12.6. The topological polar surface area (TPSA) is 24.1 Å². The molecule has 2 aromatic rings. The van der Waals surface area contributed by atoms with E-state index in [0.717, 1.165) is 10.2 Å². The third-order valence-corrected chi connectivity index (χ3v) is 4.83. The molecule has 2 rings (SSSR count). The van der Waals surface area contributed by atoms with Crippen LogP contribution in [0.2, 0.25) is 5.02 Å². The minimum Gasteiger partial charge on any atom is -0.356 e. The van der Waals surface area contributed by atoms with Gasteiger partial charge in [-0.3, -0.25) is 0 Å². The van der Waals surface area contributed by atoms with E-state index >= 15 is 0 Å². The van der Waals surface area contributed by atoms with Gasteiger partial charge in [-0.05, 0) is 53.9 Å². The molecule has 0 aliphatic rings. The van der Waals surface area contributed by atoms with Gasteiger partial charge in [-0.1, -0.05) is 72.6 Å². The fourth-order valence-corrected chi connectivity index (χ4v) is 3.31. The summed E-state index contributed by atoms with van der Waals surface area (Å²) in [5.74, 6) is 0. The van der Waals surface area contributed by atoms with E-state index < -0.39 is 0 Å². The van der Waals surface area contributed by atoms with Crippen LogP contribution in [0, 0.1) is 0 Å². The lowest BCUT2D eigenvalue weighted by Crippen LogP contribution is -2.31. The molecule has 0 amide bonds. The second kappa shape index (κ2) is 7.85. The van der Waals surface area contributed by atoms with Crippen molar-refractivity contribution >= 4 is 50.5 Å². The highest BCUT2D eigenvalue weighted by Gasteiger charge is 2.14. The number of anilines is 1. The molecule has 2 aromatic carbocycles. The third kappa shape index (κ3) is 5.20. The molecule has 0 aliphatic carbocycles. The quantitative estimate of drug-likeness (QED) is 0.553. The van der Waals surface area contributed by atoms with E-state index in [2.05, 4.69) is 78.5 Å². The van der Waals surface area contributed by atoms with E-state index in [1.807, 2.05) is 18.2 Å². The zero-order chi connectivity index (χ0) is 17.9. The van der Waals surface area contributed by atoms with Gasteiger partial charge < -0.3 is 10.6 Å². The average Bonchev–Trinajstić information content (AvgIpc) is 2.49. The molecule has 0 fully saturated rings. The number of benzene rings is 2. The van der Waals surface area contributed by atoms with E-state index in [1.54, 1.807) is 0 Å². The van der Waals surface area contributed by atoms with Crippen molar-refractivity contribution in [2.75, 3.05) is 5.32 Å². The first-order chi connectivity index (χ1) is 11.2. The molecule has 0 saturated heterocycles. The van der Waals surface area contributed by atoms with Gasteiger partial charge in [0.2, 0.25) is 0 Å². The lowest BCUT2D eigenvalue weighted by atomic mass is 9.86. The summed E-state index contributed by atoms with van der Waals surface area (Å²) in [6, 6.07) is 14.4. The van der Waals surface area contributed by atoms with E-state index in [1.165, 1.54) is 11.1 Å². The molecule has 0 bridgehead atoms. The van der Waals surface area contributed by atoms with Crippen LogP contribution in [0.3, 0.4) is 0 Å². The summed E-state index contributed by atoms with van der Waals surface area (Å²) >= 11 is 15.0. The van der Waals surface area contributed by atoms with Crippen LogP contribution in [-0.4, -0.2) is 5.11 Å². The average molecular weight is 426 g/mol. The van der Waals surface area contributed by atoms with Gasteiger partial charge >= 0.3 is 0 Å². The predicted octanol–water partition coefficient (Wildman–Crippen LogP) is 6.45. The summed E-state index contributed by atoms with van der Waals surface area (Å²) in [6.07, 6.45) is 0. The van der Waals surface area contributed by atoms with Gasteiger partial charge in [0.05, 0.1) is 16.8 Å². The van der Waals surface area contributed by atoms with Crippen molar-refractivity contribution < 1.29 is 0 Å². The van der Waals surface area contributed by atoms with E-state index in [0.29, 0.717) is 10.1 Å². The molecular weight excluding hydrogens is 404 g/mol. The molecule has 128 valence electrons. The number of rotatable bonds is 3. The smallest absolute Gasteiger partial charge is 0.171 e. The molecule has 5 heteroatoms. The van der Waals surface area contributed by atoms with Crippen molar-refractivity contribution in [3.8, 4) is 0 Å². The Bertz CT molecular complexity index is 723. The Hall–Kier alpha value is -1.10. The van der Waals surface area contributed by atoms with Crippen LogP contribution in [0.15, 0.2) is 46.9 Å². The Labute approximate surface area is 163 Å². The van der Waals surface area contributed by atoms with Crippen LogP contribution < -0.4 is 10.6 Å². The lowest BCUT2D eigenvalue weighted by Gasteiger charge is -2.21. The number of hydrogen-bond donors (Lipinski definition) is 2. The lowest BCUT2D eigenvalue weighted by molar-refractivity contribution is 0.589. The molecule has 1 atom stereocenters. The van der Waals surface area contributed by atoms with Gasteiger partial charge in [0.1, 0.15) is 0 Å². The Morgan fingerprint density at radius 1 is 1.12 bits per heavy atom. The largest absolute Gasteiger partial charge is 0.356 e. The fourth-order valence-electron chi connectivity index (χ4n) is 2.30. The second-order valence-electron chi connectivity index (χ2n) is 6.82. The van der Waals surface area contributed by atoms with Crippen LogP contribution in [0.25, 0.3) is 0 Å². The maximum atomic E-state index is 6.21. The van der Waals surface area contributed by atoms with E-state index in [9.17, 15) is 0 Å². The zero-order valence-corrected chi connectivity index (χ0v) is 17.4. The minimum atomic E-state index is 0.105. The summed E-state index contributed by atoms with van der Waals surface area (Å²) < 4.78 is 0.934. The summed E-state index contributed by atoms with van der Waals surface area (Å²) in [7, 11) is 0. The number of hydrogen-bond acceptors (Lipinski definition) is 1. The van der Waals surface area contributed by atoms with Crippen molar-refractivity contribution in [1.82, 2.24) is 5.32 Å². The Morgan fingerprint density at radius 3 is 2.29 bits per heavy atom. The van der Waals surface area contributed by atoms with Crippen LogP contribution in [0.4, 0.5) is 5.69 Å². The van der Waals surface area contributed by atoms with Crippen molar-refractivity contribution in [2.24, 2.45) is 0 Å². The van der Waals surface area contributed by atoms with Gasteiger partial charge in [-0.15, -0.1) is 0 Å². The van der Waals surface area contributed by atoms with Crippen molar-refractivity contribution in [3.05, 3.63) is 63.1 Å². The van der Waals surface area contributed by atoms with Gasteiger partial charge in [-0.25, -0.2) is 0 Å². The summed E-state index contributed by atoms with van der Waals surface area (Å²) in [5.41, 5.74) is 3.45. The molecule has 0 radical (unpaired) electrons. The van der Waals surface area contributed by atoms with Crippen LogP contribution in [-0.2, 0) is 5.41 Å². The highest BCUT2D eigenvalue weighted by Crippen LogP contribution is 2.26. The summed E-state index contributed by atoms with van der Waals surface area (Å²) in [5, 5.41) is 7.60. The first kappa shape index (κ1) is 19.2. The molecule has 0 aliphatic heterocycles. The third-order valence-electron chi connectivity index (χ3n) is 3.80. The number of nitrogens with one attached hydrogen (secondary N) is 2. The molecule has 0 saturated carbocycles. The summed E-state index contributed by atoms with van der Waals surface area (Å²) in [6.45, 7) is 8.73. The summed E-state index contributed by atoms with van der Waals surface area (Å²) in [4.78, 5) is 0. The van der Waals surface area contributed by atoms with Crippen LogP contribution in [0.5, 0.6) is 0 Å². The molecule has 24 heavy (non-hydrogen) atoms. The Kier molecular flexibility index (Phi) is 6.29. The van der Waals surface area contributed by atoms with Crippen LogP contribution in [0.1, 0.15) is 44.9 Å². The monoisotopic (exact) mass is 424 g/mol. The van der Waals surface area contributed by atoms with Gasteiger partial charge in [0.25, 0.3) is 0 Å². The van der Waals surface area contributed by atoms with Crippen LogP contribution >= 0.6 is 39.7 Å². The van der Waals surface area contributed by atoms with E-state index in [-0.39, 0.29) is 11.5 Å². The fraction of sp³-hybridized carbons (Fsp3) is 0.316. The SMILES string of the molecule is CC(NC(=S)Nc1ccc(Br)cc1Cl)c1ccc(C(C)(C)C)cc1. The standard InChI is InChI=1S/C19H22BrClN2S/c1-12(13-5-7-14(8-6-13)19(2,3)4)22-18(24)23-17-10-9-15(20)11-16(17)21/h5-12H,1-4H3,(H2,22,23,24). The Balaban J connectivity index is 2.01. The van der Waals surface area contributed by atoms with Gasteiger partial charge in [0, 0.05) is 4.47 Å². The van der Waals surface area contributed by atoms with Crippen molar-refractivity contribution in [1.29, 1.82) is 0 Å². The maximum absolute atomic E-state index is 6.21. The molecule has 0 heterocycles. The zero-order valence-electron chi connectivity index (χ0n) is 14.3. The highest BCUT2D eigenvalue weighted by molar-refractivity contribution is 9.10. The van der Waals surface area contributed by atoms with Crippen molar-refractivity contribution in [2.45, 2.75) is 39.2 Å². The predicted molar refractivity (Wildman–Crippen MR) is 112 cm³/mol. The Morgan fingerprint density at radius 2 is 1.75 bits per heavy atom. The molecule has 2 nitrogen and oxygen atoms in total. The first-order valence-electron chi connectivity index (χ1n) is 7.80. The first-order valence-corrected chi connectivity index (χ1v) is 9.38. The minimum absolute atomic E-state index is 0.105. The number of thiocarbonyl (C=S) groups is 1.